The van der Waals surface area contributed by atoms with Crippen LogP contribution in [0.5, 0.6) is 0 Å². The SMILES string of the molecule is CC(=O)O.CC(CO)c1ccccc1C(=O)N(C)C. The summed E-state index contributed by atoms with van der Waals surface area (Å²) in [6.45, 7) is 3.04. The first-order chi connectivity index (χ1) is 8.81. The molecule has 0 saturated carbocycles. The third kappa shape index (κ3) is 6.01. The monoisotopic (exact) mass is 267 g/mol. The van der Waals surface area contributed by atoms with Crippen LogP contribution in [-0.2, 0) is 4.79 Å². The van der Waals surface area contributed by atoms with Crippen LogP contribution in [0.15, 0.2) is 24.3 Å². The third-order valence-electron chi connectivity index (χ3n) is 2.40. The zero-order valence-electron chi connectivity index (χ0n) is 11.8. The quantitative estimate of drug-likeness (QED) is 0.871. The Hall–Kier alpha value is -1.88. The molecule has 1 amide bonds. The number of aliphatic carboxylic acids is 1. The van der Waals surface area contributed by atoms with Gasteiger partial charge in [-0.15, -0.1) is 0 Å². The lowest BCUT2D eigenvalue weighted by Gasteiger charge is -2.16. The maximum Gasteiger partial charge on any atom is 0.300 e. The van der Waals surface area contributed by atoms with Gasteiger partial charge in [0.05, 0.1) is 0 Å². The van der Waals surface area contributed by atoms with Crippen molar-refractivity contribution >= 4 is 11.9 Å². The van der Waals surface area contributed by atoms with Crippen LogP contribution in [0.1, 0.15) is 35.7 Å². The molecule has 0 aromatic heterocycles. The average molecular weight is 267 g/mol. The van der Waals surface area contributed by atoms with Gasteiger partial charge in [-0.05, 0) is 11.6 Å². The second-order valence-electron chi connectivity index (χ2n) is 4.39. The minimum Gasteiger partial charge on any atom is -0.481 e. The number of carboxylic acid groups (broad SMARTS) is 1. The van der Waals surface area contributed by atoms with Crippen molar-refractivity contribution in [2.24, 2.45) is 0 Å². The van der Waals surface area contributed by atoms with Crippen molar-refractivity contribution in [1.82, 2.24) is 4.90 Å². The van der Waals surface area contributed by atoms with Gasteiger partial charge in [-0.25, -0.2) is 0 Å². The molecule has 0 radical (unpaired) electrons. The highest BCUT2D eigenvalue weighted by Crippen LogP contribution is 2.20. The summed E-state index contributed by atoms with van der Waals surface area (Å²) < 4.78 is 0. The smallest absolute Gasteiger partial charge is 0.300 e. The van der Waals surface area contributed by atoms with Gasteiger partial charge in [0.15, 0.2) is 0 Å². The maximum atomic E-state index is 11.8. The summed E-state index contributed by atoms with van der Waals surface area (Å²) in [7, 11) is 3.45. The van der Waals surface area contributed by atoms with Crippen LogP contribution >= 0.6 is 0 Å². The molecule has 0 aliphatic carbocycles. The Balaban J connectivity index is 0.000000711. The van der Waals surface area contributed by atoms with Crippen molar-refractivity contribution in [2.75, 3.05) is 20.7 Å². The van der Waals surface area contributed by atoms with E-state index < -0.39 is 5.97 Å². The van der Waals surface area contributed by atoms with E-state index >= 15 is 0 Å². The number of amides is 1. The lowest BCUT2D eigenvalue weighted by Crippen LogP contribution is -2.23. The zero-order valence-corrected chi connectivity index (χ0v) is 11.8. The number of hydrogen-bond donors (Lipinski definition) is 2. The zero-order chi connectivity index (χ0) is 15.0. The molecule has 1 aromatic carbocycles. The summed E-state index contributed by atoms with van der Waals surface area (Å²) in [4.78, 5) is 22.4. The largest absolute Gasteiger partial charge is 0.481 e. The van der Waals surface area contributed by atoms with Crippen LogP contribution in [-0.4, -0.2) is 47.7 Å². The number of hydrogen-bond acceptors (Lipinski definition) is 3. The van der Waals surface area contributed by atoms with Gasteiger partial charge in [0, 0.05) is 39.1 Å². The molecule has 106 valence electrons. The Morgan fingerprint density at radius 2 is 1.74 bits per heavy atom. The minimum absolute atomic E-state index is 0.00917. The van der Waals surface area contributed by atoms with E-state index in [2.05, 4.69) is 0 Å². The highest BCUT2D eigenvalue weighted by Gasteiger charge is 2.15. The fraction of sp³-hybridized carbons (Fsp3) is 0.429. The van der Waals surface area contributed by atoms with Gasteiger partial charge in [0.2, 0.25) is 0 Å². The second kappa shape index (κ2) is 8.26. The van der Waals surface area contributed by atoms with Crippen molar-refractivity contribution < 1.29 is 19.8 Å². The fourth-order valence-corrected chi connectivity index (χ4v) is 1.46. The summed E-state index contributed by atoms with van der Waals surface area (Å²) in [5.41, 5.74) is 1.57. The van der Waals surface area contributed by atoms with E-state index in [4.69, 9.17) is 15.0 Å². The van der Waals surface area contributed by atoms with Crippen molar-refractivity contribution in [3.05, 3.63) is 35.4 Å². The Morgan fingerprint density at radius 3 is 2.16 bits per heavy atom. The van der Waals surface area contributed by atoms with Gasteiger partial charge in [0.25, 0.3) is 11.9 Å². The number of aliphatic hydroxyl groups is 1. The summed E-state index contributed by atoms with van der Waals surface area (Å²) >= 11 is 0. The van der Waals surface area contributed by atoms with E-state index in [0.717, 1.165) is 12.5 Å². The summed E-state index contributed by atoms with van der Waals surface area (Å²) in [6, 6.07) is 7.40. The number of rotatable bonds is 3. The van der Waals surface area contributed by atoms with Crippen LogP contribution in [0.25, 0.3) is 0 Å². The number of carbonyl (C=O) groups excluding carboxylic acids is 1. The highest BCUT2D eigenvalue weighted by atomic mass is 16.4. The number of carbonyl (C=O) groups is 2. The molecule has 1 aromatic rings. The van der Waals surface area contributed by atoms with Crippen LogP contribution in [0.2, 0.25) is 0 Å². The molecular formula is C14H21NO4. The van der Waals surface area contributed by atoms with Gasteiger partial charge in [-0.1, -0.05) is 25.1 Å². The first-order valence-electron chi connectivity index (χ1n) is 5.92. The molecule has 5 heteroatoms. The van der Waals surface area contributed by atoms with E-state index in [0.29, 0.717) is 5.56 Å². The Kier molecular flexibility index (Phi) is 7.44. The van der Waals surface area contributed by atoms with Crippen molar-refractivity contribution in [3.8, 4) is 0 Å². The maximum absolute atomic E-state index is 11.8. The summed E-state index contributed by atoms with van der Waals surface area (Å²) in [5.74, 6) is -0.865. The molecule has 19 heavy (non-hydrogen) atoms. The first kappa shape index (κ1) is 17.1. The number of nitrogens with zero attached hydrogens (tertiary/aromatic N) is 1. The van der Waals surface area contributed by atoms with E-state index in [1.54, 1.807) is 25.1 Å². The standard InChI is InChI=1S/C12H17NO2.C2H4O2/c1-9(8-14)10-6-4-5-7-11(10)12(15)13(2)3;1-2(3)4/h4-7,9,14H,8H2,1-3H3;1H3,(H,3,4). The number of benzene rings is 1. The number of carboxylic acids is 1. The molecule has 1 unspecified atom stereocenters. The normalized spacial score (nSPS) is 11.0. The molecular weight excluding hydrogens is 246 g/mol. The molecule has 0 saturated heterocycles. The van der Waals surface area contributed by atoms with Gasteiger partial charge < -0.3 is 15.1 Å². The third-order valence-corrected chi connectivity index (χ3v) is 2.40. The van der Waals surface area contributed by atoms with Crippen molar-refractivity contribution in [2.45, 2.75) is 19.8 Å². The molecule has 0 bridgehead atoms. The van der Waals surface area contributed by atoms with Crippen molar-refractivity contribution in [1.29, 1.82) is 0 Å². The van der Waals surface area contributed by atoms with Gasteiger partial charge >= 0.3 is 0 Å². The molecule has 5 nitrogen and oxygen atoms in total. The topological polar surface area (TPSA) is 77.8 Å². The molecule has 1 rings (SSSR count). The molecule has 0 aliphatic heterocycles. The van der Waals surface area contributed by atoms with Crippen LogP contribution < -0.4 is 0 Å². The lowest BCUT2D eigenvalue weighted by molar-refractivity contribution is -0.134. The predicted molar refractivity (Wildman–Crippen MR) is 73.3 cm³/mol. The van der Waals surface area contributed by atoms with Gasteiger partial charge in [-0.3, -0.25) is 9.59 Å². The average Bonchev–Trinajstić information content (AvgIpc) is 2.36. The van der Waals surface area contributed by atoms with Crippen LogP contribution in [0.4, 0.5) is 0 Å². The van der Waals surface area contributed by atoms with Crippen LogP contribution in [0, 0.1) is 0 Å². The predicted octanol–water partition coefficient (Wildman–Crippen LogP) is 1.58. The Labute approximate surface area is 113 Å². The van der Waals surface area contributed by atoms with E-state index in [1.165, 1.54) is 0 Å². The summed E-state index contributed by atoms with van der Waals surface area (Å²) in [6.07, 6.45) is 0. The van der Waals surface area contributed by atoms with Crippen molar-refractivity contribution in [3.63, 3.8) is 0 Å². The highest BCUT2D eigenvalue weighted by molar-refractivity contribution is 5.95. The Morgan fingerprint density at radius 1 is 1.26 bits per heavy atom. The molecule has 0 aliphatic rings. The van der Waals surface area contributed by atoms with Crippen LogP contribution in [0.3, 0.4) is 0 Å². The lowest BCUT2D eigenvalue weighted by atomic mass is 9.96. The Bertz CT molecular complexity index is 425. The second-order valence-corrected chi connectivity index (χ2v) is 4.39. The van der Waals surface area contributed by atoms with E-state index in [-0.39, 0.29) is 18.4 Å². The van der Waals surface area contributed by atoms with Gasteiger partial charge in [0.1, 0.15) is 0 Å². The first-order valence-corrected chi connectivity index (χ1v) is 5.92. The fourth-order valence-electron chi connectivity index (χ4n) is 1.46. The molecule has 2 N–H and O–H groups in total. The molecule has 0 heterocycles. The minimum atomic E-state index is -0.833. The van der Waals surface area contributed by atoms with E-state index in [9.17, 15) is 4.79 Å². The van der Waals surface area contributed by atoms with E-state index in [1.807, 2.05) is 25.1 Å². The summed E-state index contributed by atoms with van der Waals surface area (Å²) in [5, 5.41) is 16.5. The molecule has 1 atom stereocenters. The number of aliphatic hydroxyl groups excluding tert-OH is 1. The molecule has 0 fully saturated rings. The van der Waals surface area contributed by atoms with Gasteiger partial charge in [-0.2, -0.15) is 0 Å². The molecule has 0 spiro atoms.